The first-order chi connectivity index (χ1) is 11.7. The van der Waals surface area contributed by atoms with Crippen molar-refractivity contribution in [3.8, 4) is 11.3 Å². The van der Waals surface area contributed by atoms with E-state index >= 15 is 0 Å². The zero-order chi connectivity index (χ0) is 17.2. The summed E-state index contributed by atoms with van der Waals surface area (Å²) in [4.78, 5) is 15.6. The number of hydrogen-bond donors (Lipinski definition) is 0. The summed E-state index contributed by atoms with van der Waals surface area (Å²) in [7, 11) is 1.60. The number of carbonyl (C=O) groups is 1. The Labute approximate surface area is 139 Å². The third-order valence-electron chi connectivity index (χ3n) is 3.14. The number of methoxy groups -OCH3 is 1. The molecule has 7 heteroatoms. The van der Waals surface area contributed by atoms with Gasteiger partial charge in [-0.15, -0.1) is 0 Å². The third kappa shape index (κ3) is 6.10. The van der Waals surface area contributed by atoms with Crippen molar-refractivity contribution in [2.75, 3.05) is 26.9 Å². The van der Waals surface area contributed by atoms with Crippen LogP contribution in [0.2, 0.25) is 0 Å². The minimum atomic E-state index is -0.341. The predicted molar refractivity (Wildman–Crippen MR) is 83.6 cm³/mol. The largest absolute Gasteiger partial charge is 0.456 e. The molecule has 0 radical (unpaired) electrons. The normalized spacial score (nSPS) is 10.8. The summed E-state index contributed by atoms with van der Waals surface area (Å²) in [6.45, 7) is 1.48. The molecule has 1 heterocycles. The Morgan fingerprint density at radius 3 is 2.75 bits per heavy atom. The number of hydrogen-bond acceptors (Lipinski definition) is 6. The van der Waals surface area contributed by atoms with Gasteiger partial charge in [0.15, 0.2) is 12.4 Å². The van der Waals surface area contributed by atoms with E-state index < -0.39 is 0 Å². The Morgan fingerprint density at radius 2 is 2.00 bits per heavy atom. The van der Waals surface area contributed by atoms with E-state index in [1.807, 2.05) is 0 Å². The van der Waals surface area contributed by atoms with Crippen LogP contribution in [0, 0.1) is 5.82 Å². The van der Waals surface area contributed by atoms with Gasteiger partial charge in [0.1, 0.15) is 5.82 Å². The Morgan fingerprint density at radius 1 is 1.21 bits per heavy atom. The maximum Gasteiger partial charge on any atom is 0.306 e. The van der Waals surface area contributed by atoms with Crippen LogP contribution in [0.1, 0.15) is 18.7 Å². The number of halogens is 1. The van der Waals surface area contributed by atoms with Gasteiger partial charge in [-0.1, -0.05) is 0 Å². The van der Waals surface area contributed by atoms with E-state index in [-0.39, 0.29) is 24.8 Å². The Kier molecular flexibility index (Phi) is 7.38. The highest BCUT2D eigenvalue weighted by Crippen LogP contribution is 2.20. The molecule has 2 rings (SSSR count). The smallest absolute Gasteiger partial charge is 0.306 e. The van der Waals surface area contributed by atoms with Crippen molar-refractivity contribution in [1.82, 2.24) is 4.98 Å². The van der Waals surface area contributed by atoms with Gasteiger partial charge in [0, 0.05) is 25.7 Å². The molecule has 1 aromatic carbocycles. The van der Waals surface area contributed by atoms with Crippen LogP contribution >= 0.6 is 0 Å². The van der Waals surface area contributed by atoms with Crippen molar-refractivity contribution in [3.05, 3.63) is 42.2 Å². The van der Waals surface area contributed by atoms with Crippen molar-refractivity contribution < 1.29 is 27.8 Å². The summed E-state index contributed by atoms with van der Waals surface area (Å²) >= 11 is 0. The Balaban J connectivity index is 1.69. The van der Waals surface area contributed by atoms with Crippen LogP contribution in [-0.2, 0) is 25.6 Å². The molecule has 0 spiro atoms. The first-order valence-corrected chi connectivity index (χ1v) is 7.62. The van der Waals surface area contributed by atoms with E-state index in [0.29, 0.717) is 43.5 Å². The molecule has 0 fully saturated rings. The maximum atomic E-state index is 12.9. The standard InChI is InChI=1S/C17H20FNO5/c1-21-9-10-22-8-2-3-17(20)23-12-16-19-11-15(24-16)13-4-6-14(18)7-5-13/h4-7,11H,2-3,8-10,12H2,1H3. The predicted octanol–water partition coefficient (Wildman–Crippen LogP) is 2.97. The summed E-state index contributed by atoms with van der Waals surface area (Å²) in [6, 6.07) is 5.86. The zero-order valence-electron chi connectivity index (χ0n) is 13.5. The van der Waals surface area contributed by atoms with E-state index in [4.69, 9.17) is 18.6 Å². The van der Waals surface area contributed by atoms with Crippen LogP contribution in [0.25, 0.3) is 11.3 Å². The molecule has 0 amide bonds. The molecular weight excluding hydrogens is 317 g/mol. The van der Waals surface area contributed by atoms with E-state index in [2.05, 4.69) is 4.98 Å². The summed E-state index contributed by atoms with van der Waals surface area (Å²) in [5, 5.41) is 0. The molecule has 24 heavy (non-hydrogen) atoms. The fourth-order valence-electron chi connectivity index (χ4n) is 1.90. The second-order valence-electron chi connectivity index (χ2n) is 4.99. The SMILES string of the molecule is COCCOCCCC(=O)OCc1ncc(-c2ccc(F)cc2)o1. The molecule has 0 aliphatic carbocycles. The van der Waals surface area contributed by atoms with Gasteiger partial charge in [-0.3, -0.25) is 4.79 Å². The van der Waals surface area contributed by atoms with Gasteiger partial charge in [-0.25, -0.2) is 9.37 Å². The van der Waals surface area contributed by atoms with Gasteiger partial charge in [0.25, 0.3) is 0 Å². The second kappa shape index (κ2) is 9.79. The first-order valence-electron chi connectivity index (χ1n) is 7.62. The van der Waals surface area contributed by atoms with Crippen LogP contribution < -0.4 is 0 Å². The highest BCUT2D eigenvalue weighted by molar-refractivity contribution is 5.69. The summed E-state index contributed by atoms with van der Waals surface area (Å²) in [6.07, 6.45) is 2.35. The monoisotopic (exact) mass is 337 g/mol. The molecule has 0 aliphatic rings. The number of esters is 1. The molecule has 0 saturated heterocycles. The van der Waals surface area contributed by atoms with Crippen LogP contribution in [0.4, 0.5) is 4.39 Å². The minimum Gasteiger partial charge on any atom is -0.456 e. The van der Waals surface area contributed by atoms with Gasteiger partial charge >= 0.3 is 5.97 Å². The number of carbonyl (C=O) groups excluding carboxylic acids is 1. The molecule has 0 atom stereocenters. The molecule has 2 aromatic rings. The first kappa shape index (κ1) is 18.1. The number of benzene rings is 1. The molecular formula is C17H20FNO5. The molecule has 0 saturated carbocycles. The van der Waals surface area contributed by atoms with Gasteiger partial charge in [0.05, 0.1) is 19.4 Å². The number of nitrogens with zero attached hydrogens (tertiary/aromatic N) is 1. The lowest BCUT2D eigenvalue weighted by atomic mass is 10.2. The highest BCUT2D eigenvalue weighted by atomic mass is 19.1. The molecule has 0 N–H and O–H groups in total. The van der Waals surface area contributed by atoms with Gasteiger partial charge < -0.3 is 18.6 Å². The van der Waals surface area contributed by atoms with E-state index in [9.17, 15) is 9.18 Å². The molecule has 0 unspecified atom stereocenters. The van der Waals surface area contributed by atoms with Gasteiger partial charge in [-0.05, 0) is 30.7 Å². The van der Waals surface area contributed by atoms with E-state index in [1.54, 1.807) is 19.2 Å². The maximum absolute atomic E-state index is 12.9. The zero-order valence-corrected chi connectivity index (χ0v) is 13.5. The number of oxazole rings is 1. The summed E-state index contributed by atoms with van der Waals surface area (Å²) < 4.78 is 33.6. The van der Waals surface area contributed by atoms with E-state index in [0.717, 1.165) is 0 Å². The average Bonchev–Trinajstić information content (AvgIpc) is 3.06. The fourth-order valence-corrected chi connectivity index (χ4v) is 1.90. The number of rotatable bonds is 10. The Hall–Kier alpha value is -2.25. The number of aromatic nitrogens is 1. The second-order valence-corrected chi connectivity index (χ2v) is 4.99. The fraction of sp³-hybridized carbons (Fsp3) is 0.412. The number of ether oxygens (including phenoxy) is 3. The van der Waals surface area contributed by atoms with Crippen molar-refractivity contribution in [1.29, 1.82) is 0 Å². The minimum absolute atomic E-state index is 0.0371. The molecule has 0 aliphatic heterocycles. The van der Waals surface area contributed by atoms with Crippen molar-refractivity contribution in [2.45, 2.75) is 19.4 Å². The lowest BCUT2D eigenvalue weighted by molar-refractivity contribution is -0.146. The molecule has 6 nitrogen and oxygen atoms in total. The van der Waals surface area contributed by atoms with Crippen LogP contribution in [-0.4, -0.2) is 37.9 Å². The summed E-state index contributed by atoms with van der Waals surface area (Å²) in [5.74, 6) is 0.122. The van der Waals surface area contributed by atoms with Crippen LogP contribution in [0.3, 0.4) is 0 Å². The summed E-state index contributed by atoms with van der Waals surface area (Å²) in [5.41, 5.74) is 0.703. The van der Waals surface area contributed by atoms with Crippen molar-refractivity contribution >= 4 is 5.97 Å². The van der Waals surface area contributed by atoms with Crippen LogP contribution in [0.15, 0.2) is 34.9 Å². The highest BCUT2D eigenvalue weighted by Gasteiger charge is 2.09. The van der Waals surface area contributed by atoms with Crippen molar-refractivity contribution in [2.24, 2.45) is 0 Å². The topological polar surface area (TPSA) is 70.8 Å². The van der Waals surface area contributed by atoms with Gasteiger partial charge in [-0.2, -0.15) is 0 Å². The van der Waals surface area contributed by atoms with Crippen molar-refractivity contribution in [3.63, 3.8) is 0 Å². The molecule has 0 bridgehead atoms. The lowest BCUT2D eigenvalue weighted by Crippen LogP contribution is -2.08. The van der Waals surface area contributed by atoms with Crippen LogP contribution in [0.5, 0.6) is 0 Å². The van der Waals surface area contributed by atoms with E-state index in [1.165, 1.54) is 18.3 Å². The molecule has 1 aromatic heterocycles. The lowest BCUT2D eigenvalue weighted by Gasteiger charge is -2.04. The van der Waals surface area contributed by atoms with Gasteiger partial charge in [0.2, 0.25) is 5.89 Å². The third-order valence-corrected chi connectivity index (χ3v) is 3.14. The average molecular weight is 337 g/mol. The Bertz CT molecular complexity index is 626. The quantitative estimate of drug-likeness (QED) is 0.490. The molecule has 130 valence electrons.